The van der Waals surface area contributed by atoms with Gasteiger partial charge < -0.3 is 18.8 Å². The molecule has 3 aromatic carbocycles. The molecule has 0 N–H and O–H groups in total. The third kappa shape index (κ3) is 3.93. The third-order valence-electron chi connectivity index (χ3n) is 6.09. The zero-order chi connectivity index (χ0) is 23.8. The van der Waals surface area contributed by atoms with E-state index in [1.165, 1.54) is 0 Å². The number of hydrogen-bond donors (Lipinski definition) is 0. The lowest BCUT2D eigenvalue weighted by Gasteiger charge is -2.11. The van der Waals surface area contributed by atoms with Crippen molar-refractivity contribution in [2.75, 3.05) is 7.11 Å². The first-order chi connectivity index (χ1) is 16.5. The summed E-state index contributed by atoms with van der Waals surface area (Å²) in [5.41, 5.74) is 4.32. The predicted octanol–water partition coefficient (Wildman–Crippen LogP) is 6.83. The standard InChI is InChI=1S/C28H24ClNO4/c1-4-30-15-19(23-14-21(32-3)9-11-24(23)30)13-26-27(31)22-10-12-25(17(2)28(22)34-26)33-16-18-5-7-20(29)8-6-18/h5-15H,4,16H2,1-3H3/b26-13-. The van der Waals surface area contributed by atoms with Crippen LogP contribution in [0.1, 0.15) is 34.0 Å². The minimum Gasteiger partial charge on any atom is -0.497 e. The van der Waals surface area contributed by atoms with Gasteiger partial charge in [0.15, 0.2) is 5.76 Å². The Labute approximate surface area is 203 Å². The Balaban J connectivity index is 1.45. The SMILES string of the molecule is CCn1cc(/C=C2\Oc3c(ccc(OCc4ccc(Cl)cc4)c3C)C2=O)c2cc(OC)ccc21. The molecule has 1 aliphatic rings. The van der Waals surface area contributed by atoms with Crippen molar-refractivity contribution < 1.29 is 19.0 Å². The van der Waals surface area contributed by atoms with Gasteiger partial charge in [-0.25, -0.2) is 0 Å². The fourth-order valence-electron chi connectivity index (χ4n) is 4.21. The number of ether oxygens (including phenoxy) is 3. The normalized spacial score (nSPS) is 13.9. The number of ketones is 1. The van der Waals surface area contributed by atoms with E-state index in [0.29, 0.717) is 34.5 Å². The molecule has 5 nitrogen and oxygen atoms in total. The molecule has 0 fully saturated rings. The van der Waals surface area contributed by atoms with Gasteiger partial charge in [-0.2, -0.15) is 0 Å². The van der Waals surface area contributed by atoms with Gasteiger partial charge in [-0.3, -0.25) is 4.79 Å². The second kappa shape index (κ2) is 8.92. The van der Waals surface area contributed by atoms with Gasteiger partial charge in [-0.05, 0) is 68.0 Å². The number of methoxy groups -OCH3 is 1. The number of allylic oxidation sites excluding steroid dienone is 1. The van der Waals surface area contributed by atoms with Crippen LogP contribution in [0, 0.1) is 6.92 Å². The van der Waals surface area contributed by atoms with E-state index < -0.39 is 0 Å². The second-order valence-corrected chi connectivity index (χ2v) is 8.61. The molecule has 0 saturated heterocycles. The predicted molar refractivity (Wildman–Crippen MR) is 134 cm³/mol. The fourth-order valence-corrected chi connectivity index (χ4v) is 4.34. The number of aromatic nitrogens is 1. The molecule has 2 heterocycles. The highest BCUT2D eigenvalue weighted by Crippen LogP contribution is 2.40. The molecule has 1 aromatic heterocycles. The first-order valence-corrected chi connectivity index (χ1v) is 11.5. The van der Waals surface area contributed by atoms with Crippen molar-refractivity contribution in [1.29, 1.82) is 0 Å². The summed E-state index contributed by atoms with van der Waals surface area (Å²) >= 11 is 5.96. The summed E-state index contributed by atoms with van der Waals surface area (Å²) in [5, 5.41) is 1.69. The van der Waals surface area contributed by atoms with Crippen molar-refractivity contribution in [3.8, 4) is 17.2 Å². The molecule has 172 valence electrons. The van der Waals surface area contributed by atoms with E-state index >= 15 is 0 Å². The molecule has 1 aliphatic heterocycles. The van der Waals surface area contributed by atoms with Crippen LogP contribution in [0.5, 0.6) is 17.2 Å². The third-order valence-corrected chi connectivity index (χ3v) is 6.34. The van der Waals surface area contributed by atoms with Gasteiger partial charge in [-0.1, -0.05) is 23.7 Å². The van der Waals surface area contributed by atoms with Crippen LogP contribution in [0.4, 0.5) is 0 Å². The number of carbonyl (C=O) groups is 1. The summed E-state index contributed by atoms with van der Waals surface area (Å²) in [6, 6.07) is 17.0. The lowest BCUT2D eigenvalue weighted by Crippen LogP contribution is -1.98. The molecule has 0 radical (unpaired) electrons. The molecule has 4 aromatic rings. The van der Waals surface area contributed by atoms with E-state index in [1.807, 2.05) is 67.7 Å². The van der Waals surface area contributed by atoms with Crippen LogP contribution in [0.3, 0.4) is 0 Å². The molecule has 0 aliphatic carbocycles. The van der Waals surface area contributed by atoms with Crippen molar-refractivity contribution in [2.45, 2.75) is 27.0 Å². The minimum atomic E-state index is -0.136. The number of aryl methyl sites for hydroxylation is 1. The lowest BCUT2D eigenvalue weighted by atomic mass is 10.1. The molecular formula is C28H24ClNO4. The summed E-state index contributed by atoms with van der Waals surface area (Å²) in [6.45, 7) is 5.20. The number of benzene rings is 3. The molecular weight excluding hydrogens is 450 g/mol. The van der Waals surface area contributed by atoms with Gasteiger partial charge in [0.25, 0.3) is 0 Å². The van der Waals surface area contributed by atoms with Crippen LogP contribution < -0.4 is 14.2 Å². The second-order valence-electron chi connectivity index (χ2n) is 8.17. The van der Waals surface area contributed by atoms with Gasteiger partial charge in [0, 0.05) is 39.8 Å². The van der Waals surface area contributed by atoms with Crippen LogP contribution in [-0.4, -0.2) is 17.5 Å². The van der Waals surface area contributed by atoms with Gasteiger partial charge >= 0.3 is 0 Å². The molecule has 0 saturated carbocycles. The number of carbonyl (C=O) groups excluding carboxylic acids is 1. The average Bonchev–Trinajstić information content (AvgIpc) is 3.37. The Morgan fingerprint density at radius 3 is 2.62 bits per heavy atom. The van der Waals surface area contributed by atoms with E-state index in [4.69, 9.17) is 25.8 Å². The molecule has 34 heavy (non-hydrogen) atoms. The summed E-state index contributed by atoms with van der Waals surface area (Å²) in [7, 11) is 1.64. The summed E-state index contributed by atoms with van der Waals surface area (Å²) in [6.07, 6.45) is 3.84. The Morgan fingerprint density at radius 1 is 1.09 bits per heavy atom. The highest BCUT2D eigenvalue weighted by atomic mass is 35.5. The molecule has 6 heteroatoms. The zero-order valence-electron chi connectivity index (χ0n) is 19.2. The highest BCUT2D eigenvalue weighted by Gasteiger charge is 2.30. The maximum Gasteiger partial charge on any atom is 0.231 e. The average molecular weight is 474 g/mol. The van der Waals surface area contributed by atoms with E-state index in [9.17, 15) is 4.79 Å². The first kappa shape index (κ1) is 22.1. The fraction of sp³-hybridized carbons (Fsp3) is 0.179. The van der Waals surface area contributed by atoms with E-state index in [0.717, 1.165) is 39.9 Å². The van der Waals surface area contributed by atoms with Crippen molar-refractivity contribution in [1.82, 2.24) is 4.57 Å². The monoisotopic (exact) mass is 473 g/mol. The Hall–Kier alpha value is -3.70. The maximum absolute atomic E-state index is 13.1. The van der Waals surface area contributed by atoms with Crippen molar-refractivity contribution in [3.63, 3.8) is 0 Å². The largest absolute Gasteiger partial charge is 0.497 e. The molecule has 0 amide bonds. The molecule has 5 rings (SSSR count). The maximum atomic E-state index is 13.1. The van der Waals surface area contributed by atoms with Crippen LogP contribution in [0.2, 0.25) is 5.02 Å². The Bertz CT molecular complexity index is 1430. The van der Waals surface area contributed by atoms with Gasteiger partial charge in [0.1, 0.15) is 23.9 Å². The van der Waals surface area contributed by atoms with Crippen molar-refractivity contribution in [2.24, 2.45) is 0 Å². The molecule has 0 atom stereocenters. The van der Waals surface area contributed by atoms with Crippen molar-refractivity contribution in [3.05, 3.63) is 93.8 Å². The summed E-state index contributed by atoms with van der Waals surface area (Å²) in [5.74, 6) is 2.14. The van der Waals surface area contributed by atoms with E-state index in [-0.39, 0.29) is 5.78 Å². The molecule has 0 spiro atoms. The number of hydrogen-bond acceptors (Lipinski definition) is 4. The lowest BCUT2D eigenvalue weighted by molar-refractivity contribution is 0.101. The number of rotatable bonds is 6. The summed E-state index contributed by atoms with van der Waals surface area (Å²) in [4.78, 5) is 13.1. The number of halogens is 1. The van der Waals surface area contributed by atoms with Gasteiger partial charge in [0.05, 0.1) is 12.7 Å². The Kier molecular flexibility index (Phi) is 5.80. The van der Waals surface area contributed by atoms with Crippen LogP contribution in [0.15, 0.2) is 66.6 Å². The highest BCUT2D eigenvalue weighted by molar-refractivity contribution is 6.30. The van der Waals surface area contributed by atoms with Crippen LogP contribution in [0.25, 0.3) is 17.0 Å². The van der Waals surface area contributed by atoms with Gasteiger partial charge in [-0.15, -0.1) is 0 Å². The smallest absolute Gasteiger partial charge is 0.231 e. The summed E-state index contributed by atoms with van der Waals surface area (Å²) < 4.78 is 19.6. The molecule has 0 unspecified atom stereocenters. The Morgan fingerprint density at radius 2 is 1.88 bits per heavy atom. The van der Waals surface area contributed by atoms with E-state index in [1.54, 1.807) is 13.2 Å². The van der Waals surface area contributed by atoms with Crippen molar-refractivity contribution >= 4 is 34.4 Å². The van der Waals surface area contributed by atoms with Crippen LogP contribution in [-0.2, 0) is 13.2 Å². The number of fused-ring (bicyclic) bond motifs is 2. The first-order valence-electron chi connectivity index (χ1n) is 11.1. The quantitative estimate of drug-likeness (QED) is 0.288. The zero-order valence-corrected chi connectivity index (χ0v) is 20.0. The number of nitrogens with zero attached hydrogens (tertiary/aromatic N) is 1. The van der Waals surface area contributed by atoms with Gasteiger partial charge in [0.2, 0.25) is 5.78 Å². The topological polar surface area (TPSA) is 49.7 Å². The minimum absolute atomic E-state index is 0.136. The number of Topliss-reactive ketones (excluding diaryl/α,β-unsaturated/α-hetero) is 1. The van der Waals surface area contributed by atoms with Crippen LogP contribution >= 0.6 is 11.6 Å². The van der Waals surface area contributed by atoms with E-state index in [2.05, 4.69) is 11.5 Å². The molecule has 0 bridgehead atoms.